The molecule has 0 unspecified atom stereocenters. The van der Waals surface area contributed by atoms with E-state index in [1.54, 1.807) is 17.8 Å². The van der Waals surface area contributed by atoms with Crippen molar-refractivity contribution in [1.82, 2.24) is 10.2 Å². The Bertz CT molecular complexity index is 508. The molecule has 1 aliphatic heterocycles. The second kappa shape index (κ2) is 9.75. The molecule has 1 amide bonds. The number of likely N-dealkylation sites (tertiary alicyclic amines) is 1. The maximum atomic E-state index is 11.8. The molecule has 0 aliphatic carbocycles. The van der Waals surface area contributed by atoms with Crippen molar-refractivity contribution in [3.05, 3.63) is 35.9 Å². The lowest BCUT2D eigenvalue weighted by Crippen LogP contribution is -2.37. The molecule has 2 rings (SSSR count). The van der Waals surface area contributed by atoms with Gasteiger partial charge in [0.1, 0.15) is 0 Å². The average Bonchev–Trinajstić information content (AvgIpc) is 2.59. The highest BCUT2D eigenvalue weighted by atomic mass is 32.2. The molecular formula is C18H26N2O2S. The minimum atomic E-state index is -0.124. The van der Waals surface area contributed by atoms with Crippen molar-refractivity contribution in [3.63, 3.8) is 0 Å². The molecule has 5 heteroatoms. The molecule has 4 nitrogen and oxygen atoms in total. The predicted molar refractivity (Wildman–Crippen MR) is 96.6 cm³/mol. The number of hydrogen-bond donors (Lipinski definition) is 2. The standard InChI is InChI=1S/C18H26N2O2S/c1-23-17-6-3-15(4-7-17)5-8-18(22)19-11-2-12-20-13-9-16(21)10-14-20/h3-8,16,21H,2,9-14H2,1H3,(H,19,22). The van der Waals surface area contributed by atoms with Crippen LogP contribution in [0.4, 0.5) is 0 Å². The van der Waals surface area contributed by atoms with Crippen LogP contribution in [0.3, 0.4) is 0 Å². The third-order valence-corrected chi connectivity index (χ3v) is 4.79. The number of amides is 1. The highest BCUT2D eigenvalue weighted by Gasteiger charge is 2.15. The number of thioether (sulfide) groups is 1. The van der Waals surface area contributed by atoms with Gasteiger partial charge < -0.3 is 15.3 Å². The number of benzene rings is 1. The third kappa shape index (κ3) is 6.77. The summed E-state index contributed by atoms with van der Waals surface area (Å²) in [6, 6.07) is 8.14. The van der Waals surface area contributed by atoms with Crippen molar-refractivity contribution >= 4 is 23.7 Å². The van der Waals surface area contributed by atoms with Crippen LogP contribution in [-0.2, 0) is 4.79 Å². The molecule has 126 valence electrons. The highest BCUT2D eigenvalue weighted by molar-refractivity contribution is 7.98. The Balaban J connectivity index is 1.61. The van der Waals surface area contributed by atoms with E-state index in [4.69, 9.17) is 0 Å². The Kier molecular flexibility index (Phi) is 7.65. The summed E-state index contributed by atoms with van der Waals surface area (Å²) < 4.78 is 0. The van der Waals surface area contributed by atoms with Gasteiger partial charge in [-0.05, 0) is 55.8 Å². The van der Waals surface area contributed by atoms with Crippen LogP contribution in [0.25, 0.3) is 6.08 Å². The van der Waals surface area contributed by atoms with Gasteiger partial charge in [-0.2, -0.15) is 0 Å². The van der Waals surface area contributed by atoms with Gasteiger partial charge in [-0.3, -0.25) is 4.79 Å². The van der Waals surface area contributed by atoms with E-state index in [0.29, 0.717) is 6.54 Å². The van der Waals surface area contributed by atoms with E-state index in [1.807, 2.05) is 24.5 Å². The van der Waals surface area contributed by atoms with E-state index in [1.165, 1.54) is 4.90 Å². The quantitative estimate of drug-likeness (QED) is 0.457. The molecule has 1 saturated heterocycles. The van der Waals surface area contributed by atoms with E-state index in [2.05, 4.69) is 22.3 Å². The van der Waals surface area contributed by atoms with Crippen LogP contribution in [0.2, 0.25) is 0 Å². The number of aliphatic hydroxyl groups excluding tert-OH is 1. The van der Waals surface area contributed by atoms with Crippen molar-refractivity contribution in [2.75, 3.05) is 32.4 Å². The van der Waals surface area contributed by atoms with Crippen molar-refractivity contribution in [2.24, 2.45) is 0 Å². The van der Waals surface area contributed by atoms with Gasteiger partial charge in [0.15, 0.2) is 0 Å². The molecule has 23 heavy (non-hydrogen) atoms. The summed E-state index contributed by atoms with van der Waals surface area (Å²) in [5.41, 5.74) is 1.03. The molecule has 0 saturated carbocycles. The first kappa shape index (κ1) is 18.0. The Morgan fingerprint density at radius 2 is 2.04 bits per heavy atom. The lowest BCUT2D eigenvalue weighted by atomic mass is 10.1. The molecule has 0 aromatic heterocycles. The van der Waals surface area contributed by atoms with Crippen LogP contribution in [0.15, 0.2) is 35.2 Å². The normalized spacial score (nSPS) is 16.8. The summed E-state index contributed by atoms with van der Waals surface area (Å²) in [5, 5.41) is 12.4. The number of nitrogens with zero attached hydrogens (tertiary/aromatic N) is 1. The van der Waals surface area contributed by atoms with E-state index >= 15 is 0 Å². The second-order valence-electron chi connectivity index (χ2n) is 5.82. The fourth-order valence-corrected chi connectivity index (χ4v) is 3.01. The smallest absolute Gasteiger partial charge is 0.243 e. The summed E-state index contributed by atoms with van der Waals surface area (Å²) in [7, 11) is 0. The monoisotopic (exact) mass is 334 g/mol. The minimum absolute atomic E-state index is 0.0481. The van der Waals surface area contributed by atoms with E-state index in [9.17, 15) is 9.90 Å². The number of hydrogen-bond acceptors (Lipinski definition) is 4. The Morgan fingerprint density at radius 1 is 1.35 bits per heavy atom. The average molecular weight is 334 g/mol. The molecule has 1 fully saturated rings. The van der Waals surface area contributed by atoms with E-state index < -0.39 is 0 Å². The Labute approximate surface area is 143 Å². The van der Waals surface area contributed by atoms with Gasteiger partial charge in [-0.15, -0.1) is 11.8 Å². The van der Waals surface area contributed by atoms with Gasteiger partial charge in [0.25, 0.3) is 0 Å². The van der Waals surface area contributed by atoms with Crippen molar-refractivity contribution in [1.29, 1.82) is 0 Å². The lowest BCUT2D eigenvalue weighted by molar-refractivity contribution is -0.116. The highest BCUT2D eigenvalue weighted by Crippen LogP contribution is 2.15. The predicted octanol–water partition coefficient (Wildman–Crippen LogP) is 2.38. The molecule has 0 atom stereocenters. The maximum absolute atomic E-state index is 11.8. The largest absolute Gasteiger partial charge is 0.393 e. The van der Waals surface area contributed by atoms with Gasteiger partial charge in [0.05, 0.1) is 6.10 Å². The number of nitrogens with one attached hydrogen (secondary N) is 1. The summed E-state index contributed by atoms with van der Waals surface area (Å²) in [5.74, 6) is -0.0481. The van der Waals surface area contributed by atoms with Crippen LogP contribution in [0.1, 0.15) is 24.8 Å². The fourth-order valence-electron chi connectivity index (χ4n) is 2.60. The maximum Gasteiger partial charge on any atom is 0.243 e. The molecule has 0 bridgehead atoms. The summed E-state index contributed by atoms with van der Waals surface area (Å²) in [4.78, 5) is 15.4. The van der Waals surface area contributed by atoms with Crippen LogP contribution in [0, 0.1) is 0 Å². The SMILES string of the molecule is CSc1ccc(C=CC(=O)NCCCN2CCC(O)CC2)cc1. The number of carbonyl (C=O) groups is 1. The molecule has 2 N–H and O–H groups in total. The molecule has 1 aromatic rings. The van der Waals surface area contributed by atoms with Crippen molar-refractivity contribution < 1.29 is 9.90 Å². The molecule has 1 aromatic carbocycles. The number of piperidine rings is 1. The summed E-state index contributed by atoms with van der Waals surface area (Å²) in [6.07, 6.45) is 8.02. The Hall–Kier alpha value is -1.30. The van der Waals surface area contributed by atoms with Crippen molar-refractivity contribution in [3.8, 4) is 0 Å². The molecule has 0 spiro atoms. The topological polar surface area (TPSA) is 52.6 Å². The first-order valence-corrected chi connectivity index (χ1v) is 9.40. The first-order chi connectivity index (χ1) is 11.2. The fraction of sp³-hybridized carbons (Fsp3) is 0.500. The van der Waals surface area contributed by atoms with Gasteiger partial charge in [0, 0.05) is 30.6 Å². The van der Waals surface area contributed by atoms with Crippen LogP contribution < -0.4 is 5.32 Å². The van der Waals surface area contributed by atoms with E-state index in [0.717, 1.165) is 44.5 Å². The number of aliphatic hydroxyl groups is 1. The van der Waals surface area contributed by atoms with Gasteiger partial charge in [0.2, 0.25) is 5.91 Å². The zero-order valence-corrected chi connectivity index (χ0v) is 14.5. The lowest BCUT2D eigenvalue weighted by Gasteiger charge is -2.29. The van der Waals surface area contributed by atoms with Gasteiger partial charge in [-0.25, -0.2) is 0 Å². The zero-order chi connectivity index (χ0) is 16.5. The number of carbonyl (C=O) groups excluding carboxylic acids is 1. The van der Waals surface area contributed by atoms with Crippen LogP contribution in [0.5, 0.6) is 0 Å². The molecule has 1 heterocycles. The van der Waals surface area contributed by atoms with Gasteiger partial charge >= 0.3 is 0 Å². The van der Waals surface area contributed by atoms with Crippen LogP contribution >= 0.6 is 11.8 Å². The number of rotatable bonds is 7. The summed E-state index contributed by atoms with van der Waals surface area (Å²) >= 11 is 1.71. The molecule has 1 aliphatic rings. The second-order valence-corrected chi connectivity index (χ2v) is 6.70. The Morgan fingerprint density at radius 3 is 2.70 bits per heavy atom. The molecule has 0 radical (unpaired) electrons. The van der Waals surface area contributed by atoms with Crippen LogP contribution in [-0.4, -0.2) is 54.5 Å². The minimum Gasteiger partial charge on any atom is -0.393 e. The summed E-state index contributed by atoms with van der Waals surface area (Å²) in [6.45, 7) is 3.59. The van der Waals surface area contributed by atoms with Crippen molar-refractivity contribution in [2.45, 2.75) is 30.3 Å². The molecular weight excluding hydrogens is 308 g/mol. The van der Waals surface area contributed by atoms with E-state index in [-0.39, 0.29) is 12.0 Å². The van der Waals surface area contributed by atoms with Gasteiger partial charge in [-0.1, -0.05) is 12.1 Å². The first-order valence-electron chi connectivity index (χ1n) is 8.18. The zero-order valence-electron chi connectivity index (χ0n) is 13.7. The third-order valence-electron chi connectivity index (χ3n) is 4.05.